The number of phosphoric ester groups is 2. The number of amides is 6. The Labute approximate surface area is 714 Å². The second-order valence-electron chi connectivity index (χ2n) is 31.2. The van der Waals surface area contributed by atoms with Gasteiger partial charge in [-0.15, -0.1) is 0 Å². The second-order valence-corrected chi connectivity index (χ2v) is 33.5. The Morgan fingerprint density at radius 1 is 0.403 bits per heavy atom. The van der Waals surface area contributed by atoms with Crippen molar-refractivity contribution in [3.05, 3.63) is 227 Å². The predicted octanol–water partition coefficient (Wildman–Crippen LogP) is 3.72. The molecule has 6 amide bonds. The van der Waals surface area contributed by atoms with Gasteiger partial charge in [-0.05, 0) is 123 Å². The Morgan fingerprint density at radius 2 is 0.685 bits per heavy atom. The molecule has 4 heterocycles. The van der Waals surface area contributed by atoms with E-state index in [9.17, 15) is 117 Å². The third-order valence-corrected chi connectivity index (χ3v) is 22.5. The van der Waals surface area contributed by atoms with Crippen LogP contribution in [0.1, 0.15) is 112 Å². The monoisotopic (exact) mass is 1750 g/mol. The average molecular weight is 1760 g/mol. The number of hydrogen-bond donors (Lipinski definition) is 14. The maximum atomic E-state index is 14.5. The Bertz CT molecular complexity index is 4600. The highest BCUT2D eigenvalue weighted by Gasteiger charge is 2.47. The van der Waals surface area contributed by atoms with E-state index in [-0.39, 0.29) is 113 Å². The third-order valence-electron chi connectivity index (χ3n) is 21.6. The lowest BCUT2D eigenvalue weighted by Crippen LogP contribution is -2.64. The van der Waals surface area contributed by atoms with Crippen molar-refractivity contribution in [1.82, 2.24) is 31.1 Å². The summed E-state index contributed by atoms with van der Waals surface area (Å²) >= 11 is 0. The van der Waals surface area contributed by atoms with E-state index in [1.165, 1.54) is 60.9 Å². The molecule has 36 heteroatoms. The van der Waals surface area contributed by atoms with Crippen molar-refractivity contribution >= 4 is 85.8 Å². The maximum Gasteiger partial charge on any atom is 0.524 e. The molecule has 124 heavy (non-hydrogen) atoms. The van der Waals surface area contributed by atoms with Gasteiger partial charge in [0.05, 0.1) is 50.2 Å². The number of nitrogens with one attached hydrogen (secondary N) is 4. The topological polar surface area (TPSA) is 533 Å². The van der Waals surface area contributed by atoms with E-state index < -0.39 is 184 Å². The number of aliphatic hydroxyl groups excluding tert-OH is 6. The van der Waals surface area contributed by atoms with Crippen LogP contribution in [0.25, 0.3) is 0 Å². The maximum absolute atomic E-state index is 14.5. The van der Waals surface area contributed by atoms with Gasteiger partial charge in [-0.2, -0.15) is 0 Å². The van der Waals surface area contributed by atoms with E-state index in [1.807, 2.05) is 0 Å². The number of carbonyl (C=O) groups is 12. The molecule has 34 nitrogen and oxygen atoms in total. The summed E-state index contributed by atoms with van der Waals surface area (Å²) in [7, 11) is -9.77. The van der Waals surface area contributed by atoms with Gasteiger partial charge >= 0.3 is 15.6 Å². The summed E-state index contributed by atoms with van der Waals surface area (Å²) < 4.78 is 42.9. The number of allylic oxidation sites excluding steroid dienone is 2. The van der Waals surface area contributed by atoms with Gasteiger partial charge in [0, 0.05) is 72.9 Å². The molecule has 0 bridgehead atoms. The normalized spacial score (nSPS) is 21.9. The van der Waals surface area contributed by atoms with Crippen LogP contribution >= 0.6 is 15.6 Å². The summed E-state index contributed by atoms with van der Waals surface area (Å²) in [5.41, 5.74) is 4.26. The van der Waals surface area contributed by atoms with Gasteiger partial charge in [0.15, 0.2) is 47.3 Å². The Balaban J connectivity index is 0.000000281. The van der Waals surface area contributed by atoms with Gasteiger partial charge in [0.25, 0.3) is 0 Å². The quantitative estimate of drug-likeness (QED) is 0.0192. The van der Waals surface area contributed by atoms with Crippen LogP contribution in [0.4, 0.5) is 0 Å². The molecule has 0 aromatic heterocycles. The third kappa shape index (κ3) is 29.2. The molecule has 14 N–H and O–H groups in total. The van der Waals surface area contributed by atoms with Crippen molar-refractivity contribution < 1.29 is 135 Å². The van der Waals surface area contributed by atoms with Crippen LogP contribution in [0.2, 0.25) is 0 Å². The SMILES string of the molecule is CC[C@H]1O[C@@H](O)C(NC(=O)[C@@H](CC(=O)[C@H](Cc2ccccc2)NC(=O)C(CC(=O)CN2C=C(C)C(=O)CC2=O)Cc2ccccc2)Cc2ccc(OP(=O)(O)O)cc2)[C@@H](O)[C@@H]1O.CC[C@H]1O[C@@H](O)C(NC(=O)[C@H](CC(=O)[C@@H](Cc2ccccc2)NC(=O)C(CC(=O)CN2C=C(C)C(=O)CC2=O)Cc2ccccc2)Cc2ccc(OP(=O)(O)O)cc2)[C@@H](O)[C@@H]1O. The molecule has 0 spiro atoms. The lowest BCUT2D eigenvalue weighted by molar-refractivity contribution is -0.248. The molecule has 0 radical (unpaired) electrons. The van der Waals surface area contributed by atoms with Crippen LogP contribution in [0, 0.1) is 23.7 Å². The van der Waals surface area contributed by atoms with E-state index in [0.717, 1.165) is 20.9 Å². The number of Topliss-reactive ketones (excluding diaryl/α,β-unsaturated/α-hetero) is 6. The lowest BCUT2D eigenvalue weighted by atomic mass is 9.88. The summed E-state index contributed by atoms with van der Waals surface area (Å²) in [6.07, 6.45) is -10.9. The number of hydrogen-bond acceptors (Lipinski definition) is 24. The number of ether oxygens (including phenoxy) is 2. The lowest BCUT2D eigenvalue weighted by Gasteiger charge is -2.41. The Morgan fingerprint density at radius 3 is 0.976 bits per heavy atom. The van der Waals surface area contributed by atoms with E-state index in [0.29, 0.717) is 33.4 Å². The van der Waals surface area contributed by atoms with Crippen molar-refractivity contribution in [2.45, 2.75) is 191 Å². The zero-order valence-electron chi connectivity index (χ0n) is 68.5. The predicted molar refractivity (Wildman–Crippen MR) is 443 cm³/mol. The van der Waals surface area contributed by atoms with Crippen LogP contribution in [0.3, 0.4) is 0 Å². The highest BCUT2D eigenvalue weighted by atomic mass is 31.2. The van der Waals surface area contributed by atoms with Gasteiger partial charge < -0.3 is 80.2 Å². The molecule has 664 valence electrons. The summed E-state index contributed by atoms with van der Waals surface area (Å²) in [5, 5.41) is 75.1. The van der Waals surface area contributed by atoms with Crippen LogP contribution in [-0.4, -0.2) is 217 Å². The summed E-state index contributed by atoms with van der Waals surface area (Å²) in [4.78, 5) is 201. The van der Waals surface area contributed by atoms with Crippen LogP contribution in [0.5, 0.6) is 11.5 Å². The molecule has 4 aliphatic heterocycles. The van der Waals surface area contributed by atoms with Crippen molar-refractivity contribution in [2.75, 3.05) is 13.1 Å². The fourth-order valence-electron chi connectivity index (χ4n) is 14.9. The van der Waals surface area contributed by atoms with Gasteiger partial charge in [0.2, 0.25) is 35.4 Å². The molecule has 4 aliphatic rings. The van der Waals surface area contributed by atoms with Crippen molar-refractivity contribution in [2.24, 2.45) is 23.7 Å². The minimum absolute atomic E-state index is 0.0148. The molecular formula is C88H104N6O28P2. The van der Waals surface area contributed by atoms with Gasteiger partial charge in [-0.25, -0.2) is 9.13 Å². The molecule has 6 aromatic carbocycles. The standard InChI is InChI=1S/2C44H52N3O14P/c2*1-3-37-40(52)41(53)39(44(56)60-37)46-43(55)31(19-29-14-16-33(17-15-29)61-62(57,58)59)22-36(50)34(20-28-12-8-5-9-13-28)45-42(54)30(18-27-10-6-4-7-11-27)21-32(48)25-47-24-26(2)35(49)23-38(47)51/h2*4-17,24,30-31,34,37,39-41,44,52-53,56H,3,18-23,25H2,1-2H3,(H,45,54)(H,46,55)(H2,57,58,59)/t30?,31-,34+,37+,39?,40+,41+,44+;30?,31-,34+,37-,39?,40-,41-,44-/m01/s1. The number of nitrogens with zero attached hydrogens (tertiary/aromatic N) is 2. The van der Waals surface area contributed by atoms with Crippen LogP contribution < -0.4 is 30.3 Å². The van der Waals surface area contributed by atoms with Gasteiger partial charge in [-0.3, -0.25) is 77.1 Å². The molecule has 4 unspecified atom stereocenters. The van der Waals surface area contributed by atoms with E-state index in [4.69, 9.17) is 9.47 Å². The van der Waals surface area contributed by atoms with Gasteiger partial charge in [0.1, 0.15) is 48.0 Å². The molecule has 10 rings (SSSR count). The summed E-state index contributed by atoms with van der Waals surface area (Å²) in [5.74, 6) is -11.6. The first kappa shape index (κ1) is 97.0. The number of rotatable bonds is 40. The molecule has 0 saturated carbocycles. The minimum Gasteiger partial charge on any atom is -0.404 e. The number of phosphoric acid groups is 2. The first-order valence-electron chi connectivity index (χ1n) is 40.4. The van der Waals surface area contributed by atoms with Crippen LogP contribution in [-0.2, 0) is 115 Å². The van der Waals surface area contributed by atoms with Crippen molar-refractivity contribution in [1.29, 1.82) is 0 Å². The Kier molecular flexibility index (Phi) is 35.4. The fourth-order valence-corrected chi connectivity index (χ4v) is 15.7. The average Bonchev–Trinajstić information content (AvgIpc) is 0.805. The number of aliphatic hydroxyl groups is 6. The smallest absolute Gasteiger partial charge is 0.404 e. The van der Waals surface area contributed by atoms with Crippen molar-refractivity contribution in [3.63, 3.8) is 0 Å². The molecule has 0 aliphatic carbocycles. The molecule has 6 aromatic rings. The molecule has 16 atom stereocenters. The second kappa shape index (κ2) is 45.2. The van der Waals surface area contributed by atoms with Crippen LogP contribution in [0.15, 0.2) is 193 Å². The van der Waals surface area contributed by atoms with E-state index in [1.54, 1.807) is 149 Å². The number of ketones is 6. The van der Waals surface area contributed by atoms with Crippen molar-refractivity contribution in [3.8, 4) is 11.5 Å². The largest absolute Gasteiger partial charge is 0.524 e. The summed E-state index contributed by atoms with van der Waals surface area (Å²) in [6, 6.07) is 40.6. The van der Waals surface area contributed by atoms with Gasteiger partial charge in [-0.1, -0.05) is 159 Å². The van der Waals surface area contributed by atoms with E-state index >= 15 is 0 Å². The summed E-state index contributed by atoms with van der Waals surface area (Å²) in [6.45, 7) is 5.69. The zero-order chi connectivity index (χ0) is 90.3. The molecule has 2 fully saturated rings. The highest BCUT2D eigenvalue weighted by Crippen LogP contribution is 2.39. The number of benzene rings is 6. The Hall–Kier alpha value is -10.8. The van der Waals surface area contributed by atoms with E-state index in [2.05, 4.69) is 30.3 Å². The first-order chi connectivity index (χ1) is 58.8. The molecular weight excluding hydrogens is 1650 g/mol. The zero-order valence-corrected chi connectivity index (χ0v) is 70.3. The highest BCUT2D eigenvalue weighted by molar-refractivity contribution is 7.47. The molecule has 2 saturated heterocycles. The number of carbonyl (C=O) groups excluding carboxylic acids is 12. The fraction of sp³-hybridized carbons (Fsp3) is 0.409. The first-order valence-corrected chi connectivity index (χ1v) is 43.4. The minimum atomic E-state index is -4.88.